The summed E-state index contributed by atoms with van der Waals surface area (Å²) in [7, 11) is -3.95. The van der Waals surface area contributed by atoms with Crippen molar-refractivity contribution in [1.29, 1.82) is 0 Å². The zero-order valence-corrected chi connectivity index (χ0v) is 19.7. The number of amides is 1. The topological polar surface area (TPSA) is 102 Å². The molecule has 166 valence electrons. The van der Waals surface area contributed by atoms with E-state index in [1.807, 2.05) is 12.1 Å². The summed E-state index contributed by atoms with van der Waals surface area (Å²) in [5.74, 6) is -0.898. The van der Waals surface area contributed by atoms with Gasteiger partial charge in [0, 0.05) is 25.9 Å². The lowest BCUT2D eigenvalue weighted by Gasteiger charge is -2.26. The smallest absolute Gasteiger partial charge is 0.324 e. The largest absolute Gasteiger partial charge is 0.459 e. The van der Waals surface area contributed by atoms with Gasteiger partial charge in [0.05, 0.1) is 4.90 Å². The summed E-state index contributed by atoms with van der Waals surface area (Å²) < 4.78 is 35.7. The number of hydrogen-bond acceptors (Lipinski definition) is 6. The maximum atomic E-state index is 13.1. The van der Waals surface area contributed by atoms with Crippen molar-refractivity contribution in [2.45, 2.75) is 51.2 Å². The Labute approximate surface area is 185 Å². The highest BCUT2D eigenvalue weighted by Crippen LogP contribution is 2.36. The molecule has 9 heteroatoms. The van der Waals surface area contributed by atoms with Gasteiger partial charge in [-0.25, -0.2) is 8.42 Å². The predicted molar refractivity (Wildman–Crippen MR) is 124 cm³/mol. The van der Waals surface area contributed by atoms with E-state index in [1.165, 1.54) is 17.4 Å². The van der Waals surface area contributed by atoms with Gasteiger partial charge in [-0.3, -0.25) is 9.59 Å². The van der Waals surface area contributed by atoms with E-state index in [4.69, 9.17) is 4.74 Å². The van der Waals surface area contributed by atoms with Crippen molar-refractivity contribution in [3.05, 3.63) is 36.4 Å². The molecule has 1 amide bonds. The number of nitrogens with one attached hydrogen (secondary N) is 2. The molecule has 31 heavy (non-hydrogen) atoms. The summed E-state index contributed by atoms with van der Waals surface area (Å²) in [5, 5.41) is 4.51. The minimum absolute atomic E-state index is 0.0759. The zero-order valence-electron chi connectivity index (χ0n) is 18.1. The SMILES string of the molecule is CC(C)C(NS(=O)(=O)c1ccc2c(c1)sc1cc(NC=O)ccc12)C(=O)OC(C)(C)C. The second-order valence-corrected chi connectivity index (χ2v) is 11.4. The molecular formula is C22H26N2O5S2. The number of benzene rings is 2. The summed E-state index contributed by atoms with van der Waals surface area (Å²) in [6.07, 6.45) is 0.612. The Hall–Kier alpha value is -2.49. The van der Waals surface area contributed by atoms with Gasteiger partial charge in [-0.1, -0.05) is 26.0 Å². The molecule has 0 aliphatic rings. The molecule has 3 rings (SSSR count). The summed E-state index contributed by atoms with van der Waals surface area (Å²) in [6, 6.07) is 9.42. The van der Waals surface area contributed by atoms with Gasteiger partial charge in [0.15, 0.2) is 0 Å². The van der Waals surface area contributed by atoms with Gasteiger partial charge in [-0.15, -0.1) is 11.3 Å². The van der Waals surface area contributed by atoms with Crippen LogP contribution in [-0.4, -0.2) is 32.4 Å². The molecule has 3 aromatic rings. The Kier molecular flexibility index (Phi) is 6.40. The van der Waals surface area contributed by atoms with Gasteiger partial charge in [-0.2, -0.15) is 4.72 Å². The van der Waals surface area contributed by atoms with Crippen LogP contribution in [0.15, 0.2) is 41.3 Å². The van der Waals surface area contributed by atoms with Crippen LogP contribution in [0.5, 0.6) is 0 Å². The fraction of sp³-hybridized carbons (Fsp3) is 0.364. The molecule has 0 saturated heterocycles. The van der Waals surface area contributed by atoms with Gasteiger partial charge in [0.2, 0.25) is 16.4 Å². The number of sulfonamides is 1. The first kappa shape index (κ1) is 23.2. The van der Waals surface area contributed by atoms with Gasteiger partial charge < -0.3 is 10.1 Å². The first-order valence-electron chi connectivity index (χ1n) is 9.83. The number of ether oxygens (including phenoxy) is 1. The van der Waals surface area contributed by atoms with Crippen LogP contribution in [0, 0.1) is 5.92 Å². The lowest BCUT2D eigenvalue weighted by atomic mass is 10.1. The van der Waals surface area contributed by atoms with Crippen molar-refractivity contribution < 1.29 is 22.7 Å². The van der Waals surface area contributed by atoms with Crippen molar-refractivity contribution in [2.75, 3.05) is 5.32 Å². The highest BCUT2D eigenvalue weighted by molar-refractivity contribution is 7.89. The number of carbonyl (C=O) groups is 2. The second-order valence-electron chi connectivity index (χ2n) is 8.61. The third-order valence-electron chi connectivity index (χ3n) is 4.59. The Balaban J connectivity index is 1.95. The van der Waals surface area contributed by atoms with Gasteiger partial charge in [0.1, 0.15) is 11.6 Å². The lowest BCUT2D eigenvalue weighted by molar-refractivity contribution is -0.158. The number of fused-ring (bicyclic) bond motifs is 3. The highest BCUT2D eigenvalue weighted by atomic mass is 32.2. The van der Waals surface area contributed by atoms with E-state index in [-0.39, 0.29) is 10.8 Å². The number of rotatable bonds is 7. The molecule has 7 nitrogen and oxygen atoms in total. The predicted octanol–water partition coefficient (Wildman–Crippen LogP) is 4.27. The molecule has 1 unspecified atom stereocenters. The summed E-state index contributed by atoms with van der Waals surface area (Å²) >= 11 is 1.43. The first-order chi connectivity index (χ1) is 14.4. The van der Waals surface area contributed by atoms with Crippen LogP contribution in [0.3, 0.4) is 0 Å². The number of thiophene rings is 1. The molecule has 0 radical (unpaired) electrons. The van der Waals surface area contributed by atoms with E-state index in [1.54, 1.807) is 52.8 Å². The van der Waals surface area contributed by atoms with Crippen LogP contribution in [0.25, 0.3) is 20.2 Å². The fourth-order valence-electron chi connectivity index (χ4n) is 3.14. The maximum Gasteiger partial charge on any atom is 0.324 e. The van der Waals surface area contributed by atoms with Crippen LogP contribution in [0.1, 0.15) is 34.6 Å². The number of esters is 1. The van der Waals surface area contributed by atoms with Crippen molar-refractivity contribution in [1.82, 2.24) is 4.72 Å². The van der Waals surface area contributed by atoms with Crippen LogP contribution in [0.2, 0.25) is 0 Å². The standard InChI is InChI=1S/C22H26N2O5S2/c1-13(2)20(21(26)29-22(3,4)5)24-31(27,28)15-7-9-17-16-8-6-14(23-12-25)10-18(16)30-19(17)11-15/h6-13,20,24H,1-5H3,(H,23,25). The molecule has 0 spiro atoms. The van der Waals surface area contributed by atoms with E-state index in [0.717, 1.165) is 20.2 Å². The average molecular weight is 463 g/mol. The number of carbonyl (C=O) groups excluding carboxylic acids is 2. The normalized spacial score (nSPS) is 13.5. The molecule has 1 atom stereocenters. The monoisotopic (exact) mass is 462 g/mol. The first-order valence-corrected chi connectivity index (χ1v) is 12.1. The van der Waals surface area contributed by atoms with Crippen molar-refractivity contribution in [3.63, 3.8) is 0 Å². The van der Waals surface area contributed by atoms with Crippen molar-refractivity contribution in [3.8, 4) is 0 Å². The third-order valence-corrected chi connectivity index (χ3v) is 7.14. The van der Waals surface area contributed by atoms with Crippen LogP contribution in [-0.2, 0) is 24.3 Å². The molecule has 0 aliphatic carbocycles. The molecule has 0 fully saturated rings. The molecule has 0 bridgehead atoms. The summed E-state index contributed by atoms with van der Waals surface area (Å²) in [6.45, 7) is 8.74. The van der Waals surface area contributed by atoms with E-state index in [9.17, 15) is 18.0 Å². The second kappa shape index (κ2) is 8.57. The van der Waals surface area contributed by atoms with E-state index in [2.05, 4.69) is 10.0 Å². The van der Waals surface area contributed by atoms with Crippen LogP contribution >= 0.6 is 11.3 Å². The minimum atomic E-state index is -3.95. The maximum absolute atomic E-state index is 13.1. The van der Waals surface area contributed by atoms with Crippen molar-refractivity contribution >= 4 is 59.6 Å². The minimum Gasteiger partial charge on any atom is -0.459 e. The molecule has 0 saturated carbocycles. The molecule has 1 aromatic heterocycles. The van der Waals surface area contributed by atoms with Crippen LogP contribution < -0.4 is 10.0 Å². The molecule has 1 heterocycles. The average Bonchev–Trinajstić information content (AvgIpc) is 3.01. The number of anilines is 1. The van der Waals surface area contributed by atoms with Crippen molar-refractivity contribution in [2.24, 2.45) is 5.92 Å². The Morgan fingerprint density at radius 3 is 2.26 bits per heavy atom. The molecular weight excluding hydrogens is 436 g/mol. The Morgan fingerprint density at radius 1 is 1.06 bits per heavy atom. The quantitative estimate of drug-likeness (QED) is 0.403. The van der Waals surface area contributed by atoms with E-state index >= 15 is 0 Å². The molecule has 2 N–H and O–H groups in total. The summed E-state index contributed by atoms with van der Waals surface area (Å²) in [4.78, 5) is 23.3. The zero-order chi connectivity index (χ0) is 23.0. The fourth-order valence-corrected chi connectivity index (χ4v) is 5.76. The molecule has 0 aliphatic heterocycles. The Morgan fingerprint density at radius 2 is 1.68 bits per heavy atom. The third kappa shape index (κ3) is 5.23. The van der Waals surface area contributed by atoms with Gasteiger partial charge >= 0.3 is 5.97 Å². The van der Waals surface area contributed by atoms with Crippen LogP contribution in [0.4, 0.5) is 5.69 Å². The van der Waals surface area contributed by atoms with Gasteiger partial charge in [0.25, 0.3) is 0 Å². The van der Waals surface area contributed by atoms with E-state index in [0.29, 0.717) is 12.1 Å². The summed E-state index contributed by atoms with van der Waals surface area (Å²) in [5.41, 5.74) is -0.0517. The Bertz CT molecular complexity index is 1240. The lowest BCUT2D eigenvalue weighted by Crippen LogP contribution is -2.47. The van der Waals surface area contributed by atoms with Gasteiger partial charge in [-0.05, 0) is 51.0 Å². The number of hydrogen-bond donors (Lipinski definition) is 2. The van der Waals surface area contributed by atoms with E-state index < -0.39 is 27.6 Å². The molecule has 2 aromatic carbocycles. The highest BCUT2D eigenvalue weighted by Gasteiger charge is 2.32.